The Kier molecular flexibility index (Phi) is 63.4. The normalized spacial score (nSPS) is 13.6. The summed E-state index contributed by atoms with van der Waals surface area (Å²) in [7, 11) is 0. The third-order valence-corrected chi connectivity index (χ3v) is 42.0. The molecule has 0 aliphatic carbocycles. The van der Waals surface area contributed by atoms with E-state index >= 15 is 0 Å². The lowest BCUT2D eigenvalue weighted by molar-refractivity contribution is 0.0147. The smallest absolute Gasteiger partial charge is 0.156 e. The molecule has 0 heterocycles. The van der Waals surface area contributed by atoms with Crippen LogP contribution in [0.25, 0.3) is 0 Å². The summed E-state index contributed by atoms with van der Waals surface area (Å²) in [6.07, 6.45) is 59.6. The Hall–Kier alpha value is 1.24. The second-order valence-corrected chi connectivity index (χ2v) is 50.7. The van der Waals surface area contributed by atoms with Gasteiger partial charge in [0.05, 0.1) is 31.8 Å². The lowest BCUT2D eigenvalue weighted by Crippen LogP contribution is -2.39. The first-order valence-electron chi connectivity index (χ1n) is 39.2. The minimum atomic E-state index is -0.956. The van der Waals surface area contributed by atoms with Gasteiger partial charge in [0.2, 0.25) is 0 Å². The molecule has 4 atom stereocenters. The van der Waals surface area contributed by atoms with E-state index in [1.54, 1.807) is 0 Å². The van der Waals surface area contributed by atoms with Gasteiger partial charge >= 0.3 is 0 Å². The molecule has 0 bridgehead atoms. The summed E-state index contributed by atoms with van der Waals surface area (Å²) in [4.78, 5) is 5.11. The first-order valence-corrected chi connectivity index (χ1v) is 56.3. The Morgan fingerprint density at radius 1 is 0.216 bits per heavy atom. The summed E-state index contributed by atoms with van der Waals surface area (Å²) in [5, 5.41) is 0. The predicted octanol–water partition coefficient (Wildman–Crippen LogP) is 34.3. The van der Waals surface area contributed by atoms with Crippen LogP contribution in [0.1, 0.15) is 310 Å². The van der Waals surface area contributed by atoms with Crippen LogP contribution >= 0.6 is 117 Å². The van der Waals surface area contributed by atoms with Gasteiger partial charge in [-0.3, -0.25) is 0 Å². The van der Waals surface area contributed by atoms with Crippen molar-refractivity contribution in [2.24, 2.45) is 5.41 Å². The fourth-order valence-electron chi connectivity index (χ4n) is 11.3. The molecular formula is C81H136O4P4S8. The fourth-order valence-corrected chi connectivity index (χ4v) is 35.2. The highest BCUT2D eigenvalue weighted by Crippen LogP contribution is 2.70. The van der Waals surface area contributed by atoms with Gasteiger partial charge in [-0.2, -0.15) is 0 Å². The second kappa shape index (κ2) is 67.8. The molecule has 0 aromatic heterocycles. The predicted molar refractivity (Wildman–Crippen MR) is 459 cm³/mol. The van der Waals surface area contributed by atoms with Crippen molar-refractivity contribution < 1.29 is 18.1 Å². The summed E-state index contributed by atoms with van der Waals surface area (Å²) in [6, 6.07) is 44.3. The van der Waals surface area contributed by atoms with E-state index in [2.05, 4.69) is 195 Å². The van der Waals surface area contributed by atoms with Crippen molar-refractivity contribution >= 4 is 117 Å². The third kappa shape index (κ3) is 52.8. The van der Waals surface area contributed by atoms with Crippen molar-refractivity contribution in [2.45, 2.75) is 330 Å². The first-order chi connectivity index (χ1) is 48.0. The SMILES string of the molecule is CCCCCCCCCCCCCSP(OCC(COP(SCCCCCCCCCCCCC)Sc1ccccc1)(COP(SCCCCCCCCCCCCC)Sc1ccccc1)COP(SCCCCCCCCCCCCC)Sc1ccccc1)Sc1ccccc1. The number of hydrogen-bond donors (Lipinski definition) is 0. The number of benzene rings is 4. The largest absolute Gasteiger partial charge is 0.338 e. The summed E-state index contributed by atoms with van der Waals surface area (Å²) in [5.74, 6) is 4.43. The number of hydrogen-bond acceptors (Lipinski definition) is 12. The topological polar surface area (TPSA) is 36.9 Å². The van der Waals surface area contributed by atoms with Crippen LogP contribution in [0.5, 0.6) is 0 Å². The van der Waals surface area contributed by atoms with Gasteiger partial charge in [0.15, 0.2) is 26.2 Å². The Labute approximate surface area is 635 Å². The zero-order valence-corrected chi connectivity index (χ0v) is 71.6. The average Bonchev–Trinajstić information content (AvgIpc) is 0.946. The molecule has 552 valence electrons. The van der Waals surface area contributed by atoms with Crippen molar-refractivity contribution in [2.75, 3.05) is 49.4 Å². The van der Waals surface area contributed by atoms with Gasteiger partial charge in [-0.25, -0.2) is 0 Å². The van der Waals surface area contributed by atoms with Crippen LogP contribution in [0.2, 0.25) is 0 Å². The maximum absolute atomic E-state index is 7.63. The molecule has 0 N–H and O–H groups in total. The molecule has 0 aliphatic heterocycles. The van der Waals surface area contributed by atoms with E-state index in [9.17, 15) is 0 Å². The zero-order valence-electron chi connectivity index (χ0n) is 61.5. The van der Waals surface area contributed by atoms with Gasteiger partial charge in [-0.1, -0.05) is 448 Å². The van der Waals surface area contributed by atoms with E-state index in [0.29, 0.717) is 26.4 Å². The van der Waals surface area contributed by atoms with Gasteiger partial charge in [-0.05, 0) is 74.2 Å². The molecule has 4 nitrogen and oxygen atoms in total. The summed E-state index contributed by atoms with van der Waals surface area (Å²) < 4.78 is 30.5. The lowest BCUT2D eigenvalue weighted by atomic mass is 9.93. The molecule has 0 amide bonds. The summed E-state index contributed by atoms with van der Waals surface area (Å²) in [5.41, 5.74) is -0.576. The molecule has 0 aliphatic rings. The molecule has 0 saturated carbocycles. The Morgan fingerprint density at radius 3 is 0.536 bits per heavy atom. The van der Waals surface area contributed by atoms with Crippen LogP contribution in [0, 0.1) is 5.41 Å². The van der Waals surface area contributed by atoms with Crippen molar-refractivity contribution in [1.82, 2.24) is 0 Å². The maximum atomic E-state index is 7.63. The zero-order chi connectivity index (χ0) is 68.5. The quantitative estimate of drug-likeness (QED) is 0.0312. The number of unbranched alkanes of at least 4 members (excludes halogenated alkanes) is 40. The van der Waals surface area contributed by atoms with E-state index in [1.807, 2.05) is 45.5 Å². The van der Waals surface area contributed by atoms with E-state index in [0.717, 1.165) is 23.0 Å². The van der Waals surface area contributed by atoms with Gasteiger partial charge in [0.1, 0.15) is 0 Å². The minimum absolute atomic E-state index is 0.511. The van der Waals surface area contributed by atoms with Crippen molar-refractivity contribution in [3.63, 3.8) is 0 Å². The van der Waals surface area contributed by atoms with E-state index < -0.39 is 31.6 Å². The van der Waals surface area contributed by atoms with Crippen LogP contribution in [-0.2, 0) is 18.1 Å². The highest BCUT2D eigenvalue weighted by atomic mass is 33.1. The molecule has 4 rings (SSSR count). The van der Waals surface area contributed by atoms with Gasteiger partial charge in [-0.15, -0.1) is 0 Å². The highest BCUT2D eigenvalue weighted by molar-refractivity contribution is 8.88. The Morgan fingerprint density at radius 2 is 0.371 bits per heavy atom. The Balaban J connectivity index is 1.66. The molecule has 16 heteroatoms. The van der Waals surface area contributed by atoms with E-state index in [1.165, 1.54) is 302 Å². The Bertz CT molecular complexity index is 1950. The summed E-state index contributed by atoms with van der Waals surface area (Å²) >= 11 is 16.0. The highest BCUT2D eigenvalue weighted by Gasteiger charge is 2.38. The molecular weight excluding hydrogens is 1420 g/mol. The van der Waals surface area contributed by atoms with Crippen molar-refractivity contribution in [3.05, 3.63) is 121 Å². The van der Waals surface area contributed by atoms with E-state index in [4.69, 9.17) is 18.1 Å². The van der Waals surface area contributed by atoms with Crippen molar-refractivity contribution in [1.29, 1.82) is 0 Å². The molecule has 0 spiro atoms. The molecule has 4 aromatic carbocycles. The fraction of sp³-hybridized carbons (Fsp3) is 0.704. The van der Waals surface area contributed by atoms with E-state index in [-0.39, 0.29) is 0 Å². The number of rotatable bonds is 72. The first kappa shape index (κ1) is 90.6. The van der Waals surface area contributed by atoms with Gasteiger partial charge in [0, 0.05) is 42.6 Å². The maximum Gasteiger partial charge on any atom is 0.156 e. The molecule has 4 unspecified atom stereocenters. The monoisotopic (exact) mass is 1550 g/mol. The van der Waals surface area contributed by atoms with Crippen LogP contribution in [0.3, 0.4) is 0 Å². The standard InChI is InChI=1S/C81H136O4P4S8/c1-5-9-13-17-21-25-29-33-37-41-57-69-90-86(94-77-61-49-45-50-62-77)82-73-81(74-83-87(95-78-63-51-46-52-64-78)91-70-58-42-38-34-30-26-22-18-14-10-6-2,75-84-88(96-79-65-53-47-54-66-79)92-71-59-43-39-35-31-27-23-19-15-11-7-3)76-85-89(97-80-67-55-48-56-68-80)93-72-60-44-40-36-32-28-24-20-16-12-8-4/h45-56,61-68H,5-44,57-60,69-76H2,1-4H3. The summed E-state index contributed by atoms with van der Waals surface area (Å²) in [6.45, 7) is 7.49. The minimum Gasteiger partial charge on any atom is -0.338 e. The molecule has 4 aromatic rings. The molecule has 97 heavy (non-hydrogen) atoms. The van der Waals surface area contributed by atoms with Gasteiger partial charge < -0.3 is 18.1 Å². The molecule has 0 saturated heterocycles. The van der Waals surface area contributed by atoms with Crippen LogP contribution in [0.4, 0.5) is 0 Å². The van der Waals surface area contributed by atoms with Crippen LogP contribution < -0.4 is 0 Å². The van der Waals surface area contributed by atoms with Crippen LogP contribution in [0.15, 0.2) is 141 Å². The third-order valence-electron chi connectivity index (χ3n) is 17.4. The van der Waals surface area contributed by atoms with Gasteiger partial charge in [0.25, 0.3) is 0 Å². The molecule has 0 radical (unpaired) electrons. The molecule has 0 fully saturated rings. The second-order valence-electron chi connectivity index (χ2n) is 26.6. The van der Waals surface area contributed by atoms with Crippen LogP contribution in [-0.4, -0.2) is 49.4 Å². The average molecular weight is 1550 g/mol. The van der Waals surface area contributed by atoms with Crippen molar-refractivity contribution in [3.8, 4) is 0 Å². The lowest BCUT2D eigenvalue weighted by Gasteiger charge is -2.36.